The van der Waals surface area contributed by atoms with E-state index in [1.165, 1.54) is 6.42 Å². The first-order valence-electron chi connectivity index (χ1n) is 12.6. The summed E-state index contributed by atoms with van der Waals surface area (Å²) < 4.78 is 5.40. The Morgan fingerprint density at radius 3 is 2.06 bits per heavy atom. The van der Waals surface area contributed by atoms with Gasteiger partial charge in [0.15, 0.2) is 0 Å². The molecule has 0 radical (unpaired) electrons. The molecule has 1 aliphatic carbocycles. The summed E-state index contributed by atoms with van der Waals surface area (Å²) in [6.07, 6.45) is 4.66. The van der Waals surface area contributed by atoms with Crippen molar-refractivity contribution in [3.8, 4) is 0 Å². The Bertz CT molecular complexity index is 811. The van der Waals surface area contributed by atoms with Crippen LogP contribution in [-0.2, 0) is 14.3 Å². The Balaban J connectivity index is 2.37. The van der Waals surface area contributed by atoms with Crippen molar-refractivity contribution in [2.24, 2.45) is 5.92 Å². The van der Waals surface area contributed by atoms with E-state index >= 15 is 0 Å². The molecule has 190 valence electrons. The topological polar surface area (TPSA) is 87.7 Å². The van der Waals surface area contributed by atoms with Crippen LogP contribution in [0, 0.1) is 5.92 Å². The Hall–Kier alpha value is -2.57. The fourth-order valence-corrected chi connectivity index (χ4v) is 4.39. The number of nitrogens with zero attached hydrogens (tertiary/aromatic N) is 1. The molecule has 1 fully saturated rings. The maximum Gasteiger partial charge on any atom is 0.408 e. The van der Waals surface area contributed by atoms with Crippen LogP contribution < -0.4 is 10.6 Å². The van der Waals surface area contributed by atoms with Gasteiger partial charge in [-0.1, -0.05) is 63.4 Å². The molecule has 7 heteroatoms. The molecule has 0 bridgehead atoms. The molecule has 1 aromatic carbocycles. The van der Waals surface area contributed by atoms with E-state index in [4.69, 9.17) is 4.74 Å². The van der Waals surface area contributed by atoms with Gasteiger partial charge >= 0.3 is 6.09 Å². The van der Waals surface area contributed by atoms with Crippen LogP contribution in [-0.4, -0.2) is 46.5 Å². The number of alkyl carbamates (subject to hydrolysis) is 1. The van der Waals surface area contributed by atoms with Crippen LogP contribution in [0.25, 0.3) is 0 Å². The zero-order valence-electron chi connectivity index (χ0n) is 21.9. The van der Waals surface area contributed by atoms with Crippen LogP contribution in [0.4, 0.5) is 4.79 Å². The molecule has 1 aliphatic rings. The lowest BCUT2D eigenvalue weighted by molar-refractivity contribution is -0.145. The molecule has 0 aliphatic heterocycles. The third-order valence-corrected chi connectivity index (χ3v) is 6.01. The van der Waals surface area contributed by atoms with Gasteiger partial charge in [0.05, 0.1) is 0 Å². The summed E-state index contributed by atoms with van der Waals surface area (Å²) in [5.74, 6) is -0.678. The standard InChI is InChI=1S/C27H43N3O4/c1-18(2)22(29-26(33)34-27(5,6)7)25(32)30(19(3)4)23(20-14-10-8-11-15-20)24(31)28-21-16-12-9-13-17-21/h8,10-11,14-15,18-19,21-23H,9,12-13,16-17H2,1-7H3,(H,28,31)(H,29,33). The Kier molecular flexibility index (Phi) is 9.95. The molecular formula is C27H43N3O4. The number of benzene rings is 1. The second-order valence-electron chi connectivity index (χ2n) is 10.9. The number of amides is 3. The van der Waals surface area contributed by atoms with Crippen LogP contribution >= 0.6 is 0 Å². The maximum absolute atomic E-state index is 13.9. The zero-order valence-corrected chi connectivity index (χ0v) is 21.9. The van der Waals surface area contributed by atoms with E-state index < -0.39 is 23.8 Å². The SMILES string of the molecule is CC(C)C(NC(=O)OC(C)(C)C)C(=O)N(C(C)C)C(C(=O)NC1CCCCC1)c1ccccc1. The lowest BCUT2D eigenvalue weighted by atomic mass is 9.94. The van der Waals surface area contributed by atoms with Crippen LogP contribution in [0.2, 0.25) is 0 Å². The number of hydrogen-bond acceptors (Lipinski definition) is 4. The minimum atomic E-state index is -0.828. The second kappa shape index (κ2) is 12.2. The highest BCUT2D eigenvalue weighted by Crippen LogP contribution is 2.27. The predicted molar refractivity (Wildman–Crippen MR) is 134 cm³/mol. The van der Waals surface area contributed by atoms with Crippen LogP contribution in [0.5, 0.6) is 0 Å². The number of carbonyl (C=O) groups is 3. The summed E-state index contributed by atoms with van der Waals surface area (Å²) in [4.78, 5) is 41.7. The minimum Gasteiger partial charge on any atom is -0.444 e. The number of hydrogen-bond donors (Lipinski definition) is 2. The van der Waals surface area contributed by atoms with Gasteiger partial charge in [-0.2, -0.15) is 0 Å². The summed E-state index contributed by atoms with van der Waals surface area (Å²) in [7, 11) is 0. The normalized spacial score (nSPS) is 16.6. The minimum absolute atomic E-state index is 0.123. The van der Waals surface area contributed by atoms with E-state index in [9.17, 15) is 14.4 Å². The number of rotatable bonds is 8. The van der Waals surface area contributed by atoms with E-state index in [2.05, 4.69) is 10.6 Å². The molecule has 0 aromatic heterocycles. The molecule has 2 N–H and O–H groups in total. The molecule has 0 heterocycles. The first-order valence-corrected chi connectivity index (χ1v) is 12.6. The zero-order chi connectivity index (χ0) is 25.5. The van der Waals surface area contributed by atoms with Crippen molar-refractivity contribution in [3.05, 3.63) is 35.9 Å². The molecule has 1 aromatic rings. The van der Waals surface area contributed by atoms with Crippen molar-refractivity contribution in [1.82, 2.24) is 15.5 Å². The predicted octanol–water partition coefficient (Wildman–Crippen LogP) is 4.96. The van der Waals surface area contributed by atoms with Gasteiger partial charge in [0.1, 0.15) is 17.7 Å². The highest BCUT2D eigenvalue weighted by atomic mass is 16.6. The van der Waals surface area contributed by atoms with Gasteiger partial charge in [-0.25, -0.2) is 4.79 Å². The molecule has 0 spiro atoms. The number of ether oxygens (including phenoxy) is 1. The smallest absolute Gasteiger partial charge is 0.408 e. The van der Waals surface area contributed by atoms with E-state index in [0.717, 1.165) is 31.2 Å². The fourth-order valence-electron chi connectivity index (χ4n) is 4.39. The summed E-state index contributed by atoms with van der Waals surface area (Å²) in [6.45, 7) is 12.9. The van der Waals surface area contributed by atoms with E-state index in [1.54, 1.807) is 25.7 Å². The second-order valence-corrected chi connectivity index (χ2v) is 10.9. The van der Waals surface area contributed by atoms with Gasteiger partial charge in [-0.05, 0) is 58.9 Å². The van der Waals surface area contributed by atoms with Crippen molar-refractivity contribution in [1.29, 1.82) is 0 Å². The van der Waals surface area contributed by atoms with Gasteiger partial charge in [-0.3, -0.25) is 9.59 Å². The van der Waals surface area contributed by atoms with Crippen molar-refractivity contribution >= 4 is 17.9 Å². The fraction of sp³-hybridized carbons (Fsp3) is 0.667. The van der Waals surface area contributed by atoms with E-state index in [0.29, 0.717) is 0 Å². The summed E-state index contributed by atoms with van der Waals surface area (Å²) in [5.41, 5.74) is 0.0661. The molecule has 2 atom stereocenters. The monoisotopic (exact) mass is 473 g/mol. The molecule has 1 saturated carbocycles. The summed E-state index contributed by atoms with van der Waals surface area (Å²) >= 11 is 0. The third kappa shape index (κ3) is 8.03. The Labute approximate surface area is 205 Å². The first-order chi connectivity index (χ1) is 15.9. The van der Waals surface area contributed by atoms with Gasteiger partial charge in [0.2, 0.25) is 11.8 Å². The van der Waals surface area contributed by atoms with Gasteiger partial charge in [0, 0.05) is 12.1 Å². The first kappa shape index (κ1) is 27.7. The van der Waals surface area contributed by atoms with E-state index in [1.807, 2.05) is 58.0 Å². The van der Waals surface area contributed by atoms with Crippen LogP contribution in [0.3, 0.4) is 0 Å². The molecule has 2 unspecified atom stereocenters. The lowest BCUT2D eigenvalue weighted by Crippen LogP contribution is -2.57. The van der Waals surface area contributed by atoms with Gasteiger partial charge < -0.3 is 20.3 Å². The van der Waals surface area contributed by atoms with Crippen LogP contribution in [0.15, 0.2) is 30.3 Å². The maximum atomic E-state index is 13.9. The molecule has 0 saturated heterocycles. The van der Waals surface area contributed by atoms with Crippen molar-refractivity contribution in [3.63, 3.8) is 0 Å². The number of nitrogens with one attached hydrogen (secondary N) is 2. The van der Waals surface area contributed by atoms with Gasteiger partial charge in [0.25, 0.3) is 0 Å². The quantitative estimate of drug-likeness (QED) is 0.558. The average molecular weight is 474 g/mol. The Morgan fingerprint density at radius 1 is 0.971 bits per heavy atom. The summed E-state index contributed by atoms with van der Waals surface area (Å²) in [6, 6.07) is 7.62. The third-order valence-electron chi connectivity index (χ3n) is 6.01. The molecule has 7 nitrogen and oxygen atoms in total. The largest absolute Gasteiger partial charge is 0.444 e. The number of carbonyl (C=O) groups excluding carboxylic acids is 3. The van der Waals surface area contributed by atoms with E-state index in [-0.39, 0.29) is 29.8 Å². The van der Waals surface area contributed by atoms with Crippen LogP contribution in [0.1, 0.15) is 92.2 Å². The average Bonchev–Trinajstić information content (AvgIpc) is 2.74. The van der Waals surface area contributed by atoms with Gasteiger partial charge in [-0.15, -0.1) is 0 Å². The lowest BCUT2D eigenvalue weighted by Gasteiger charge is -2.39. The summed E-state index contributed by atoms with van der Waals surface area (Å²) in [5, 5.41) is 5.95. The highest BCUT2D eigenvalue weighted by Gasteiger charge is 2.39. The van der Waals surface area contributed by atoms with Crippen molar-refractivity contribution in [2.75, 3.05) is 0 Å². The highest BCUT2D eigenvalue weighted by molar-refractivity contribution is 5.92. The molecule has 2 rings (SSSR count). The molecule has 34 heavy (non-hydrogen) atoms. The van der Waals surface area contributed by atoms with Crippen molar-refractivity contribution < 1.29 is 19.1 Å². The molecule has 3 amide bonds. The Morgan fingerprint density at radius 2 is 1.56 bits per heavy atom. The molecular weight excluding hydrogens is 430 g/mol. The van der Waals surface area contributed by atoms with Crippen molar-refractivity contribution in [2.45, 2.75) is 110 Å².